The summed E-state index contributed by atoms with van der Waals surface area (Å²) in [6.07, 6.45) is 0. The molecule has 0 aliphatic carbocycles. The number of rotatable bonds is 6. The summed E-state index contributed by atoms with van der Waals surface area (Å²) < 4.78 is 5.42. The number of hydrogen-bond donors (Lipinski definition) is 2. The van der Waals surface area contributed by atoms with E-state index in [0.717, 1.165) is 5.56 Å². The second-order valence-corrected chi connectivity index (χ2v) is 8.39. The van der Waals surface area contributed by atoms with Crippen molar-refractivity contribution in [2.45, 2.75) is 13.8 Å². The van der Waals surface area contributed by atoms with Gasteiger partial charge in [0.15, 0.2) is 0 Å². The van der Waals surface area contributed by atoms with Crippen molar-refractivity contribution in [2.75, 3.05) is 40.1 Å². The molecule has 3 aromatic rings. The third kappa shape index (κ3) is 5.55. The molecule has 3 aromatic carbocycles. The van der Waals surface area contributed by atoms with Crippen LogP contribution in [-0.4, -0.2) is 37.5 Å². The van der Waals surface area contributed by atoms with Crippen LogP contribution < -0.4 is 25.2 Å². The van der Waals surface area contributed by atoms with E-state index < -0.39 is 6.03 Å². The minimum atomic E-state index is -0.450. The van der Waals surface area contributed by atoms with E-state index >= 15 is 0 Å². The maximum atomic E-state index is 13.0. The van der Waals surface area contributed by atoms with Crippen LogP contribution in [0.1, 0.15) is 12.5 Å². The van der Waals surface area contributed by atoms with Crippen LogP contribution in [0.25, 0.3) is 0 Å². The van der Waals surface area contributed by atoms with Gasteiger partial charge in [0.05, 0.1) is 18.0 Å². The molecule has 0 unspecified atom stereocenters. The van der Waals surface area contributed by atoms with Crippen LogP contribution in [0.15, 0.2) is 66.7 Å². The highest BCUT2D eigenvalue weighted by Gasteiger charge is 2.33. The van der Waals surface area contributed by atoms with Gasteiger partial charge in [-0.3, -0.25) is 19.4 Å². The standard InChI is InChI=1S/C26H25ClN4O4/c1-3-35-20-12-10-19(11-13-20)28-26(34)31-16-25(33)30(22-6-4-5-7-23(22)31)15-24(32)29-21-14-18(27)9-8-17(21)2/h4-14H,3,15-16H2,1-2H3,(H,28,34)(H,29,32). The Bertz CT molecular complexity index is 1260. The van der Waals surface area contributed by atoms with Crippen molar-refractivity contribution in [3.63, 3.8) is 0 Å². The van der Waals surface area contributed by atoms with Crippen LogP contribution in [0.2, 0.25) is 5.02 Å². The molecule has 0 aromatic heterocycles. The molecule has 4 amide bonds. The molecule has 9 heteroatoms. The van der Waals surface area contributed by atoms with Gasteiger partial charge in [0.25, 0.3) is 0 Å². The highest BCUT2D eigenvalue weighted by Crippen LogP contribution is 2.34. The molecule has 1 heterocycles. The van der Waals surface area contributed by atoms with E-state index in [0.29, 0.717) is 40.1 Å². The molecule has 1 aliphatic heterocycles. The van der Waals surface area contributed by atoms with Crippen LogP contribution in [0.4, 0.5) is 27.5 Å². The number of nitrogens with one attached hydrogen (secondary N) is 2. The molecular formula is C26H25ClN4O4. The van der Waals surface area contributed by atoms with Gasteiger partial charge >= 0.3 is 6.03 Å². The summed E-state index contributed by atoms with van der Waals surface area (Å²) in [7, 11) is 0. The zero-order valence-electron chi connectivity index (χ0n) is 19.4. The zero-order valence-corrected chi connectivity index (χ0v) is 20.1. The van der Waals surface area contributed by atoms with Gasteiger partial charge in [0.1, 0.15) is 18.8 Å². The molecule has 2 N–H and O–H groups in total. The number of ether oxygens (including phenoxy) is 1. The Morgan fingerprint density at radius 3 is 2.43 bits per heavy atom. The summed E-state index contributed by atoms with van der Waals surface area (Å²) in [4.78, 5) is 41.6. The molecule has 4 rings (SSSR count). The smallest absolute Gasteiger partial charge is 0.326 e. The summed E-state index contributed by atoms with van der Waals surface area (Å²) in [5.74, 6) is -0.0415. The number of para-hydroxylation sites is 2. The van der Waals surface area contributed by atoms with Gasteiger partial charge in [0, 0.05) is 16.4 Å². The highest BCUT2D eigenvalue weighted by molar-refractivity contribution is 6.31. The Kier molecular flexibility index (Phi) is 7.22. The summed E-state index contributed by atoms with van der Waals surface area (Å²) >= 11 is 6.04. The molecule has 1 aliphatic rings. The predicted molar refractivity (Wildman–Crippen MR) is 138 cm³/mol. The minimum absolute atomic E-state index is 0.198. The number of benzene rings is 3. The summed E-state index contributed by atoms with van der Waals surface area (Å²) in [6.45, 7) is 3.89. The number of fused-ring (bicyclic) bond motifs is 1. The highest BCUT2D eigenvalue weighted by atomic mass is 35.5. The van der Waals surface area contributed by atoms with Crippen LogP contribution in [0, 0.1) is 6.92 Å². The van der Waals surface area contributed by atoms with E-state index in [1.807, 2.05) is 13.8 Å². The van der Waals surface area contributed by atoms with Gasteiger partial charge in [-0.05, 0) is 67.9 Å². The first-order valence-electron chi connectivity index (χ1n) is 11.1. The third-order valence-electron chi connectivity index (χ3n) is 5.49. The van der Waals surface area contributed by atoms with Gasteiger partial charge in [-0.25, -0.2) is 4.79 Å². The number of urea groups is 1. The van der Waals surface area contributed by atoms with E-state index in [9.17, 15) is 14.4 Å². The first kappa shape index (κ1) is 24.1. The average molecular weight is 493 g/mol. The Hall–Kier alpha value is -4.04. The van der Waals surface area contributed by atoms with Gasteiger partial charge in [0.2, 0.25) is 11.8 Å². The molecule has 8 nitrogen and oxygen atoms in total. The minimum Gasteiger partial charge on any atom is -0.494 e. The van der Waals surface area contributed by atoms with E-state index in [2.05, 4.69) is 10.6 Å². The maximum absolute atomic E-state index is 13.0. The molecule has 0 bridgehead atoms. The molecule has 0 fully saturated rings. The molecular weight excluding hydrogens is 468 g/mol. The largest absolute Gasteiger partial charge is 0.494 e. The van der Waals surface area contributed by atoms with Gasteiger partial charge in [-0.2, -0.15) is 0 Å². The Balaban J connectivity index is 1.50. The second kappa shape index (κ2) is 10.5. The lowest BCUT2D eigenvalue weighted by atomic mass is 10.1. The molecule has 0 atom stereocenters. The van der Waals surface area contributed by atoms with E-state index in [1.165, 1.54) is 9.80 Å². The number of nitrogens with zero attached hydrogens (tertiary/aromatic N) is 2. The van der Waals surface area contributed by atoms with E-state index in [4.69, 9.17) is 16.3 Å². The second-order valence-electron chi connectivity index (χ2n) is 7.95. The molecule has 180 valence electrons. The number of halogens is 1. The SMILES string of the molecule is CCOc1ccc(NC(=O)N2CC(=O)N(CC(=O)Nc3cc(Cl)ccc3C)c3ccccc32)cc1. The molecule has 0 radical (unpaired) electrons. The fourth-order valence-corrected chi connectivity index (χ4v) is 3.94. The van der Waals surface area contributed by atoms with Crippen molar-refractivity contribution >= 4 is 52.2 Å². The average Bonchev–Trinajstić information content (AvgIpc) is 2.84. The van der Waals surface area contributed by atoms with Crippen molar-refractivity contribution in [1.29, 1.82) is 0 Å². The molecule has 0 saturated carbocycles. The maximum Gasteiger partial charge on any atom is 0.326 e. The number of hydrogen-bond acceptors (Lipinski definition) is 4. The number of carbonyl (C=O) groups is 3. The normalized spacial score (nSPS) is 12.7. The predicted octanol–water partition coefficient (Wildman–Crippen LogP) is 5.07. The summed E-state index contributed by atoms with van der Waals surface area (Å²) in [5, 5.41) is 6.12. The lowest BCUT2D eigenvalue weighted by Gasteiger charge is -2.35. The Labute approximate surface area is 208 Å². The quantitative estimate of drug-likeness (QED) is 0.502. The zero-order chi connectivity index (χ0) is 24.9. The first-order valence-corrected chi connectivity index (χ1v) is 11.5. The van der Waals surface area contributed by atoms with Crippen molar-refractivity contribution < 1.29 is 19.1 Å². The van der Waals surface area contributed by atoms with Crippen molar-refractivity contribution in [3.8, 4) is 5.75 Å². The Morgan fingerprint density at radius 2 is 1.71 bits per heavy atom. The van der Waals surface area contributed by atoms with Crippen molar-refractivity contribution in [3.05, 3.63) is 77.3 Å². The van der Waals surface area contributed by atoms with Gasteiger partial charge in [-0.1, -0.05) is 29.8 Å². The summed E-state index contributed by atoms with van der Waals surface area (Å²) in [5.41, 5.74) is 3.01. The van der Waals surface area contributed by atoms with Crippen LogP contribution in [-0.2, 0) is 9.59 Å². The van der Waals surface area contributed by atoms with E-state index in [1.54, 1.807) is 66.7 Å². The van der Waals surface area contributed by atoms with E-state index in [-0.39, 0.29) is 24.9 Å². The Morgan fingerprint density at radius 1 is 1.00 bits per heavy atom. The topological polar surface area (TPSA) is 91.0 Å². The van der Waals surface area contributed by atoms with Crippen LogP contribution in [0.5, 0.6) is 5.75 Å². The summed E-state index contributed by atoms with van der Waals surface area (Å²) in [6, 6.07) is 18.7. The number of aryl methyl sites for hydroxylation is 1. The van der Waals surface area contributed by atoms with Crippen LogP contribution >= 0.6 is 11.6 Å². The lowest BCUT2D eigenvalue weighted by Crippen LogP contribution is -2.51. The third-order valence-corrected chi connectivity index (χ3v) is 5.73. The van der Waals surface area contributed by atoms with Crippen molar-refractivity contribution in [2.24, 2.45) is 0 Å². The first-order chi connectivity index (χ1) is 16.9. The number of anilines is 4. The monoisotopic (exact) mass is 492 g/mol. The molecule has 0 spiro atoms. The van der Waals surface area contributed by atoms with Crippen LogP contribution in [0.3, 0.4) is 0 Å². The molecule has 0 saturated heterocycles. The van der Waals surface area contributed by atoms with Gasteiger partial charge < -0.3 is 15.4 Å². The molecule has 35 heavy (non-hydrogen) atoms. The fourth-order valence-electron chi connectivity index (χ4n) is 3.77. The number of carbonyl (C=O) groups excluding carboxylic acids is 3. The van der Waals surface area contributed by atoms with Gasteiger partial charge in [-0.15, -0.1) is 0 Å². The number of amides is 4. The lowest BCUT2D eigenvalue weighted by molar-refractivity contribution is -0.120. The fraction of sp³-hybridized carbons (Fsp3) is 0.192. The van der Waals surface area contributed by atoms with Crippen molar-refractivity contribution in [1.82, 2.24) is 0 Å².